The molecular weight excluding hydrogens is 467 g/mol. The Bertz CT molecular complexity index is 992. The zero-order valence-corrected chi connectivity index (χ0v) is 19.7. The van der Waals surface area contributed by atoms with E-state index in [1.54, 1.807) is 30.2 Å². The van der Waals surface area contributed by atoms with E-state index in [2.05, 4.69) is 16.0 Å². The largest absolute Gasteiger partial charge is 0.497 e. The number of ether oxygens (including phenoxy) is 1. The number of nitrogens with zero attached hydrogens (tertiary/aromatic N) is 1. The van der Waals surface area contributed by atoms with Crippen LogP contribution in [0, 0.1) is 5.92 Å². The van der Waals surface area contributed by atoms with E-state index >= 15 is 0 Å². The van der Waals surface area contributed by atoms with Crippen molar-refractivity contribution in [3.63, 3.8) is 0 Å². The Hall–Kier alpha value is -2.97. The van der Waals surface area contributed by atoms with E-state index in [0.717, 1.165) is 11.3 Å². The minimum atomic E-state index is -0.295. The van der Waals surface area contributed by atoms with Crippen LogP contribution in [-0.4, -0.2) is 49.5 Å². The van der Waals surface area contributed by atoms with Crippen LogP contribution in [0.15, 0.2) is 42.5 Å². The van der Waals surface area contributed by atoms with E-state index in [-0.39, 0.29) is 30.3 Å². The summed E-state index contributed by atoms with van der Waals surface area (Å²) in [4.78, 5) is 38.6. The molecule has 176 valence electrons. The molecule has 1 fully saturated rings. The number of carbonyl (C=O) groups is 3. The molecule has 10 heteroatoms. The molecule has 0 unspecified atom stereocenters. The van der Waals surface area contributed by atoms with Crippen molar-refractivity contribution in [2.45, 2.75) is 19.4 Å². The van der Waals surface area contributed by atoms with Gasteiger partial charge in [-0.05, 0) is 48.7 Å². The first kappa shape index (κ1) is 24.7. The summed E-state index contributed by atoms with van der Waals surface area (Å²) >= 11 is 12.0. The Morgan fingerprint density at radius 3 is 2.39 bits per heavy atom. The maximum atomic E-state index is 12.5. The van der Waals surface area contributed by atoms with Crippen molar-refractivity contribution in [1.82, 2.24) is 15.5 Å². The highest BCUT2D eigenvalue weighted by atomic mass is 35.5. The third-order valence-electron chi connectivity index (χ3n) is 5.39. The van der Waals surface area contributed by atoms with E-state index < -0.39 is 0 Å². The number of methoxy groups -OCH3 is 1. The van der Waals surface area contributed by atoms with Crippen molar-refractivity contribution in [2.75, 3.05) is 32.1 Å². The van der Waals surface area contributed by atoms with E-state index in [4.69, 9.17) is 27.9 Å². The third-order valence-corrected chi connectivity index (χ3v) is 5.96. The van der Waals surface area contributed by atoms with Gasteiger partial charge in [0, 0.05) is 30.6 Å². The van der Waals surface area contributed by atoms with Crippen LogP contribution in [0.5, 0.6) is 5.75 Å². The average molecular weight is 493 g/mol. The summed E-state index contributed by atoms with van der Waals surface area (Å²) in [5, 5.41) is 9.07. The number of nitrogens with one attached hydrogen (secondary N) is 3. The predicted molar refractivity (Wildman–Crippen MR) is 128 cm³/mol. The number of halogens is 2. The van der Waals surface area contributed by atoms with Gasteiger partial charge in [-0.2, -0.15) is 0 Å². The smallest absolute Gasteiger partial charge is 0.321 e. The molecule has 1 aliphatic rings. The second-order valence-electron chi connectivity index (χ2n) is 7.66. The summed E-state index contributed by atoms with van der Waals surface area (Å²) in [7, 11) is 1.59. The molecule has 1 saturated heterocycles. The lowest BCUT2D eigenvalue weighted by molar-refractivity contribution is -0.129. The topological polar surface area (TPSA) is 99.8 Å². The number of anilines is 1. The number of benzene rings is 2. The maximum absolute atomic E-state index is 12.5. The van der Waals surface area contributed by atoms with Crippen LogP contribution in [0.4, 0.5) is 10.5 Å². The van der Waals surface area contributed by atoms with Gasteiger partial charge in [-0.15, -0.1) is 0 Å². The molecule has 3 N–H and O–H groups in total. The number of urea groups is 1. The number of carbonyl (C=O) groups excluding carboxylic acids is 3. The lowest BCUT2D eigenvalue weighted by Gasteiger charge is -2.31. The second kappa shape index (κ2) is 11.8. The fraction of sp³-hybridized carbons (Fsp3) is 0.348. The lowest BCUT2D eigenvalue weighted by Crippen LogP contribution is -2.46. The Morgan fingerprint density at radius 2 is 1.73 bits per heavy atom. The molecule has 0 atom stereocenters. The van der Waals surface area contributed by atoms with E-state index in [1.165, 1.54) is 0 Å². The summed E-state index contributed by atoms with van der Waals surface area (Å²) < 4.78 is 5.10. The first-order valence-electron chi connectivity index (χ1n) is 10.5. The van der Waals surface area contributed by atoms with Crippen LogP contribution in [-0.2, 0) is 16.1 Å². The van der Waals surface area contributed by atoms with E-state index in [9.17, 15) is 14.4 Å². The molecule has 2 aromatic rings. The molecule has 33 heavy (non-hydrogen) atoms. The molecule has 0 aliphatic carbocycles. The SMILES string of the molecule is COc1ccc(CNC(=O)CNC(=O)C2CCN(C(=O)Nc3cc(Cl)ccc3Cl)CC2)cc1. The minimum absolute atomic E-state index is 0.0943. The lowest BCUT2D eigenvalue weighted by atomic mass is 9.96. The number of piperidine rings is 1. The van der Waals surface area contributed by atoms with Crippen molar-refractivity contribution < 1.29 is 19.1 Å². The summed E-state index contributed by atoms with van der Waals surface area (Å²) in [5.74, 6) is 0.0363. The minimum Gasteiger partial charge on any atom is -0.497 e. The number of hydrogen-bond acceptors (Lipinski definition) is 4. The van der Waals surface area contributed by atoms with Crippen LogP contribution in [0.1, 0.15) is 18.4 Å². The monoisotopic (exact) mass is 492 g/mol. The highest BCUT2D eigenvalue weighted by molar-refractivity contribution is 6.35. The van der Waals surface area contributed by atoms with Gasteiger partial charge in [0.1, 0.15) is 5.75 Å². The summed E-state index contributed by atoms with van der Waals surface area (Å²) in [6, 6.07) is 11.9. The molecule has 0 radical (unpaired) electrons. The molecule has 3 rings (SSSR count). The van der Waals surface area contributed by atoms with Gasteiger partial charge in [0.25, 0.3) is 0 Å². The first-order valence-corrected chi connectivity index (χ1v) is 11.3. The van der Waals surface area contributed by atoms with Crippen LogP contribution in [0.2, 0.25) is 10.0 Å². The number of rotatable bonds is 7. The van der Waals surface area contributed by atoms with E-state index in [0.29, 0.717) is 48.2 Å². The van der Waals surface area contributed by atoms with Crippen molar-refractivity contribution >= 4 is 46.7 Å². The van der Waals surface area contributed by atoms with Gasteiger partial charge in [0.2, 0.25) is 11.8 Å². The average Bonchev–Trinajstić information content (AvgIpc) is 2.83. The summed E-state index contributed by atoms with van der Waals surface area (Å²) in [5.41, 5.74) is 1.37. The molecule has 4 amide bonds. The number of hydrogen-bond donors (Lipinski definition) is 3. The molecule has 0 aromatic heterocycles. The van der Waals surface area contributed by atoms with Gasteiger partial charge in [0.05, 0.1) is 24.4 Å². The third kappa shape index (κ3) is 7.27. The van der Waals surface area contributed by atoms with Crippen molar-refractivity contribution in [2.24, 2.45) is 5.92 Å². The molecule has 1 heterocycles. The number of amides is 4. The van der Waals surface area contributed by atoms with E-state index in [1.807, 2.05) is 24.3 Å². The number of likely N-dealkylation sites (tertiary alicyclic amines) is 1. The van der Waals surface area contributed by atoms with Crippen molar-refractivity contribution in [3.05, 3.63) is 58.1 Å². The Labute approximate surface area is 202 Å². The molecule has 0 spiro atoms. The zero-order chi connectivity index (χ0) is 23.8. The Kier molecular flexibility index (Phi) is 8.79. The van der Waals surface area contributed by atoms with Gasteiger partial charge >= 0.3 is 6.03 Å². The zero-order valence-electron chi connectivity index (χ0n) is 18.2. The molecule has 0 saturated carbocycles. The predicted octanol–water partition coefficient (Wildman–Crippen LogP) is 3.68. The van der Waals surface area contributed by atoms with Gasteiger partial charge in [-0.25, -0.2) is 4.79 Å². The van der Waals surface area contributed by atoms with Gasteiger partial charge in [-0.1, -0.05) is 35.3 Å². The van der Waals surface area contributed by atoms with Gasteiger partial charge < -0.3 is 25.6 Å². The summed E-state index contributed by atoms with van der Waals surface area (Å²) in [6.45, 7) is 1.11. The van der Waals surface area contributed by atoms with Gasteiger partial charge in [-0.3, -0.25) is 9.59 Å². The molecular formula is C23H26Cl2N4O4. The fourth-order valence-electron chi connectivity index (χ4n) is 3.45. The summed E-state index contributed by atoms with van der Waals surface area (Å²) in [6.07, 6.45) is 1.02. The van der Waals surface area contributed by atoms with Crippen molar-refractivity contribution in [1.29, 1.82) is 0 Å². The standard InChI is InChI=1S/C23H26Cl2N4O4/c1-33-18-5-2-15(3-6-18)13-26-21(30)14-27-22(31)16-8-10-29(11-9-16)23(32)28-20-12-17(24)4-7-19(20)25/h2-7,12,16H,8-11,13-14H2,1H3,(H,26,30)(H,27,31)(H,28,32). The van der Waals surface area contributed by atoms with Crippen molar-refractivity contribution in [3.8, 4) is 5.75 Å². The molecule has 1 aliphatic heterocycles. The molecule has 0 bridgehead atoms. The quantitative estimate of drug-likeness (QED) is 0.548. The maximum Gasteiger partial charge on any atom is 0.321 e. The fourth-order valence-corrected chi connectivity index (χ4v) is 3.79. The first-order chi connectivity index (χ1) is 15.9. The molecule has 2 aromatic carbocycles. The van der Waals surface area contributed by atoms with Crippen LogP contribution >= 0.6 is 23.2 Å². The second-order valence-corrected chi connectivity index (χ2v) is 8.50. The highest BCUT2D eigenvalue weighted by Gasteiger charge is 2.27. The Morgan fingerprint density at radius 1 is 1.03 bits per heavy atom. The van der Waals surface area contributed by atoms with Crippen LogP contribution < -0.4 is 20.7 Å². The Balaban J connectivity index is 1.37. The normalized spacial score (nSPS) is 13.8. The van der Waals surface area contributed by atoms with Gasteiger partial charge in [0.15, 0.2) is 0 Å². The molecule has 8 nitrogen and oxygen atoms in total. The highest BCUT2D eigenvalue weighted by Crippen LogP contribution is 2.26. The van der Waals surface area contributed by atoms with Crippen LogP contribution in [0.3, 0.4) is 0 Å². The van der Waals surface area contributed by atoms with Crippen LogP contribution in [0.25, 0.3) is 0 Å².